The van der Waals surface area contributed by atoms with E-state index < -0.39 is 5.63 Å². The fourth-order valence-corrected chi connectivity index (χ4v) is 2.08. The summed E-state index contributed by atoms with van der Waals surface area (Å²) in [5.74, 6) is 0.424. The molecule has 3 aromatic rings. The molecule has 110 valence electrons. The van der Waals surface area contributed by atoms with Crippen LogP contribution in [0.2, 0.25) is 0 Å². The number of amides is 1. The van der Waals surface area contributed by atoms with Crippen LogP contribution in [-0.4, -0.2) is 5.91 Å². The van der Waals surface area contributed by atoms with Gasteiger partial charge >= 0.3 is 5.63 Å². The second-order valence-electron chi connectivity index (χ2n) is 4.75. The van der Waals surface area contributed by atoms with Crippen molar-refractivity contribution in [2.45, 2.75) is 6.92 Å². The zero-order chi connectivity index (χ0) is 15.5. The third kappa shape index (κ3) is 2.69. The molecule has 0 radical (unpaired) electrons. The lowest BCUT2D eigenvalue weighted by molar-refractivity contribution is 0.102. The summed E-state index contributed by atoms with van der Waals surface area (Å²) >= 11 is 0. The number of furan rings is 1. The predicted molar refractivity (Wildman–Crippen MR) is 81.8 cm³/mol. The molecule has 0 aliphatic heterocycles. The standard InChI is InChI=1S/C17H13NO4/c1-11-10-14(13-8-5-9-21-13)22-17(20)15(11)18-16(19)12-6-3-2-4-7-12/h2-10H,1H3,(H,18,19). The van der Waals surface area contributed by atoms with E-state index in [9.17, 15) is 9.59 Å². The first kappa shape index (κ1) is 13.9. The van der Waals surface area contributed by atoms with Crippen LogP contribution in [0.3, 0.4) is 0 Å². The van der Waals surface area contributed by atoms with Crippen molar-refractivity contribution in [3.63, 3.8) is 0 Å². The first-order chi connectivity index (χ1) is 10.6. The Morgan fingerprint density at radius 3 is 2.45 bits per heavy atom. The maximum atomic E-state index is 12.1. The summed E-state index contributed by atoms with van der Waals surface area (Å²) in [4.78, 5) is 24.2. The van der Waals surface area contributed by atoms with Crippen LogP contribution >= 0.6 is 0 Å². The van der Waals surface area contributed by atoms with E-state index in [1.807, 2.05) is 6.07 Å². The zero-order valence-electron chi connectivity index (χ0n) is 11.8. The van der Waals surface area contributed by atoms with Crippen molar-refractivity contribution in [3.8, 4) is 11.5 Å². The first-order valence-corrected chi connectivity index (χ1v) is 6.70. The largest absolute Gasteiger partial charge is 0.461 e. The van der Waals surface area contributed by atoms with Crippen LogP contribution in [-0.2, 0) is 0 Å². The Hall–Kier alpha value is -3.08. The van der Waals surface area contributed by atoms with Gasteiger partial charge in [-0.3, -0.25) is 4.79 Å². The lowest BCUT2D eigenvalue weighted by Crippen LogP contribution is -2.19. The Morgan fingerprint density at radius 2 is 1.82 bits per heavy atom. The topological polar surface area (TPSA) is 72.5 Å². The second kappa shape index (κ2) is 5.73. The molecular weight excluding hydrogens is 282 g/mol. The van der Waals surface area contributed by atoms with Crippen molar-refractivity contribution < 1.29 is 13.6 Å². The van der Waals surface area contributed by atoms with Gasteiger partial charge in [-0.25, -0.2) is 4.79 Å². The number of carbonyl (C=O) groups is 1. The van der Waals surface area contributed by atoms with Gasteiger partial charge in [0.25, 0.3) is 5.91 Å². The van der Waals surface area contributed by atoms with E-state index in [0.29, 0.717) is 22.6 Å². The van der Waals surface area contributed by atoms with Crippen LogP contribution in [0.5, 0.6) is 0 Å². The van der Waals surface area contributed by atoms with E-state index in [0.717, 1.165) is 0 Å². The number of anilines is 1. The molecule has 1 N–H and O–H groups in total. The molecule has 0 atom stereocenters. The highest BCUT2D eigenvalue weighted by molar-refractivity contribution is 6.04. The molecule has 0 aliphatic carbocycles. The third-order valence-electron chi connectivity index (χ3n) is 3.19. The highest BCUT2D eigenvalue weighted by Crippen LogP contribution is 2.22. The van der Waals surface area contributed by atoms with Gasteiger partial charge in [-0.1, -0.05) is 18.2 Å². The van der Waals surface area contributed by atoms with E-state index in [-0.39, 0.29) is 11.6 Å². The van der Waals surface area contributed by atoms with E-state index in [4.69, 9.17) is 8.83 Å². The molecule has 22 heavy (non-hydrogen) atoms. The van der Waals surface area contributed by atoms with Crippen molar-refractivity contribution in [1.82, 2.24) is 0 Å². The van der Waals surface area contributed by atoms with Crippen molar-refractivity contribution in [2.75, 3.05) is 5.32 Å². The van der Waals surface area contributed by atoms with Gasteiger partial charge in [-0.15, -0.1) is 0 Å². The molecule has 0 spiro atoms. The van der Waals surface area contributed by atoms with Gasteiger partial charge in [0, 0.05) is 5.56 Å². The van der Waals surface area contributed by atoms with Crippen LogP contribution in [0.15, 0.2) is 68.4 Å². The Balaban J connectivity index is 1.92. The minimum absolute atomic E-state index is 0.129. The lowest BCUT2D eigenvalue weighted by Gasteiger charge is -2.07. The van der Waals surface area contributed by atoms with Crippen molar-refractivity contribution in [1.29, 1.82) is 0 Å². The fourth-order valence-electron chi connectivity index (χ4n) is 2.08. The molecule has 0 unspecified atom stereocenters. The third-order valence-corrected chi connectivity index (χ3v) is 3.19. The maximum absolute atomic E-state index is 12.1. The zero-order valence-corrected chi connectivity index (χ0v) is 11.8. The summed E-state index contributed by atoms with van der Waals surface area (Å²) in [6, 6.07) is 13.7. The van der Waals surface area contributed by atoms with Gasteiger partial charge in [0.05, 0.1) is 6.26 Å². The minimum Gasteiger partial charge on any atom is -0.461 e. The fraction of sp³-hybridized carbons (Fsp3) is 0.0588. The SMILES string of the molecule is Cc1cc(-c2ccco2)oc(=O)c1NC(=O)c1ccccc1. The van der Waals surface area contributed by atoms with Crippen molar-refractivity contribution in [2.24, 2.45) is 0 Å². The molecule has 1 amide bonds. The number of hydrogen-bond acceptors (Lipinski definition) is 4. The number of carbonyl (C=O) groups excluding carboxylic acids is 1. The molecule has 0 saturated carbocycles. The smallest absolute Gasteiger partial charge is 0.360 e. The summed E-state index contributed by atoms with van der Waals surface area (Å²) in [5.41, 5.74) is 0.586. The molecular formula is C17H13NO4. The number of hydrogen-bond donors (Lipinski definition) is 1. The minimum atomic E-state index is -0.615. The van der Waals surface area contributed by atoms with Gasteiger partial charge in [-0.05, 0) is 42.8 Å². The molecule has 1 aromatic carbocycles. The van der Waals surface area contributed by atoms with Crippen molar-refractivity contribution >= 4 is 11.6 Å². The maximum Gasteiger partial charge on any atom is 0.360 e. The Morgan fingerprint density at radius 1 is 1.05 bits per heavy atom. The van der Waals surface area contributed by atoms with Gasteiger partial charge in [0.2, 0.25) is 0 Å². The van der Waals surface area contributed by atoms with E-state index in [1.54, 1.807) is 49.4 Å². The summed E-state index contributed by atoms with van der Waals surface area (Å²) in [5, 5.41) is 2.59. The molecule has 5 nitrogen and oxygen atoms in total. The van der Waals surface area contributed by atoms with Crippen LogP contribution < -0.4 is 10.9 Å². The molecule has 3 rings (SSSR count). The van der Waals surface area contributed by atoms with E-state index in [1.165, 1.54) is 6.26 Å². The average Bonchev–Trinajstić information content (AvgIpc) is 3.06. The highest BCUT2D eigenvalue weighted by Gasteiger charge is 2.15. The monoisotopic (exact) mass is 295 g/mol. The molecule has 2 aromatic heterocycles. The number of rotatable bonds is 3. The predicted octanol–water partition coefficient (Wildman–Crippen LogP) is 3.46. The molecule has 0 fully saturated rings. The molecule has 0 saturated heterocycles. The van der Waals surface area contributed by atoms with E-state index in [2.05, 4.69) is 5.32 Å². The summed E-state index contributed by atoms with van der Waals surface area (Å²) in [7, 11) is 0. The Bertz CT molecular complexity index is 848. The summed E-state index contributed by atoms with van der Waals surface area (Å²) in [6.45, 7) is 1.73. The Kier molecular flexibility index (Phi) is 3.62. The molecule has 0 bridgehead atoms. The summed E-state index contributed by atoms with van der Waals surface area (Å²) < 4.78 is 10.4. The van der Waals surface area contributed by atoms with Gasteiger partial charge in [-0.2, -0.15) is 0 Å². The number of nitrogens with one attached hydrogen (secondary N) is 1. The number of benzene rings is 1. The molecule has 0 aliphatic rings. The number of aryl methyl sites for hydroxylation is 1. The second-order valence-corrected chi connectivity index (χ2v) is 4.75. The van der Waals surface area contributed by atoms with Crippen LogP contribution in [0.4, 0.5) is 5.69 Å². The highest BCUT2D eigenvalue weighted by atomic mass is 16.4. The quantitative estimate of drug-likeness (QED) is 0.803. The molecule has 2 heterocycles. The lowest BCUT2D eigenvalue weighted by atomic mass is 10.2. The van der Waals surface area contributed by atoms with Gasteiger partial charge in [0.15, 0.2) is 11.5 Å². The van der Waals surface area contributed by atoms with Crippen LogP contribution in [0, 0.1) is 6.92 Å². The Labute approximate surface area is 126 Å². The summed E-state index contributed by atoms with van der Waals surface area (Å²) in [6.07, 6.45) is 1.50. The van der Waals surface area contributed by atoms with Gasteiger partial charge in [0.1, 0.15) is 5.69 Å². The first-order valence-electron chi connectivity index (χ1n) is 6.70. The van der Waals surface area contributed by atoms with Crippen molar-refractivity contribution in [3.05, 3.63) is 76.3 Å². The van der Waals surface area contributed by atoms with Gasteiger partial charge < -0.3 is 14.2 Å². The normalized spacial score (nSPS) is 10.4. The van der Waals surface area contributed by atoms with Crippen LogP contribution in [0.1, 0.15) is 15.9 Å². The van der Waals surface area contributed by atoms with E-state index >= 15 is 0 Å². The molecule has 5 heteroatoms. The van der Waals surface area contributed by atoms with Crippen LogP contribution in [0.25, 0.3) is 11.5 Å². The average molecular weight is 295 g/mol.